The van der Waals surface area contributed by atoms with Crippen molar-refractivity contribution in [1.82, 2.24) is 15.6 Å². The van der Waals surface area contributed by atoms with Gasteiger partial charge < -0.3 is 19.2 Å². The summed E-state index contributed by atoms with van der Waals surface area (Å²) in [4.78, 5) is 29.1. The molecule has 188 valence electrons. The molecule has 0 spiro atoms. The highest BCUT2D eigenvalue weighted by Gasteiger charge is 2.26. The van der Waals surface area contributed by atoms with Crippen LogP contribution in [0.2, 0.25) is 0 Å². The molecule has 1 aliphatic heterocycles. The van der Waals surface area contributed by atoms with Gasteiger partial charge in [-0.15, -0.1) is 0 Å². The number of hydrogen-bond donors (Lipinski definition) is 2. The molecule has 0 radical (unpaired) electrons. The molecule has 8 heteroatoms. The molecule has 0 fully saturated rings. The Morgan fingerprint density at radius 1 is 1.00 bits per heavy atom. The van der Waals surface area contributed by atoms with Crippen LogP contribution in [0.15, 0.2) is 89.5 Å². The Morgan fingerprint density at radius 2 is 1.78 bits per heavy atom. The first kappa shape index (κ1) is 24.3. The average Bonchev–Trinajstić information content (AvgIpc) is 3.41. The third kappa shape index (κ3) is 6.42. The predicted octanol–water partition coefficient (Wildman–Crippen LogP) is 4.43. The Labute approximate surface area is 214 Å². The van der Waals surface area contributed by atoms with Crippen LogP contribution in [0.3, 0.4) is 0 Å². The number of oxazole rings is 1. The molecule has 2 N–H and O–H groups in total. The van der Waals surface area contributed by atoms with E-state index in [-0.39, 0.29) is 6.61 Å². The van der Waals surface area contributed by atoms with E-state index in [1.165, 1.54) is 0 Å². The zero-order chi connectivity index (χ0) is 25.5. The molecule has 0 saturated heterocycles. The van der Waals surface area contributed by atoms with Gasteiger partial charge in [0.05, 0.1) is 18.3 Å². The maximum absolute atomic E-state index is 12.6. The second-order valence-corrected chi connectivity index (χ2v) is 8.73. The Hall–Kier alpha value is -4.43. The maximum atomic E-state index is 12.6. The van der Waals surface area contributed by atoms with Gasteiger partial charge in [0, 0.05) is 18.5 Å². The molecule has 4 aromatic rings. The molecular weight excluding hydrogens is 470 g/mol. The van der Waals surface area contributed by atoms with Gasteiger partial charge in [0.1, 0.15) is 18.6 Å². The van der Waals surface area contributed by atoms with Crippen molar-refractivity contribution in [3.05, 3.63) is 108 Å². The lowest BCUT2D eigenvalue weighted by molar-refractivity contribution is -0.122. The van der Waals surface area contributed by atoms with Crippen molar-refractivity contribution in [2.24, 2.45) is 0 Å². The molecule has 37 heavy (non-hydrogen) atoms. The van der Waals surface area contributed by atoms with E-state index in [9.17, 15) is 9.59 Å². The summed E-state index contributed by atoms with van der Waals surface area (Å²) >= 11 is 0. The number of amides is 2. The average molecular weight is 498 g/mol. The van der Waals surface area contributed by atoms with Gasteiger partial charge in [-0.25, -0.2) is 9.78 Å². The summed E-state index contributed by atoms with van der Waals surface area (Å²) in [6, 6.07) is 24.4. The number of carbonyl (C=O) groups excluding carboxylic acids is 2. The van der Waals surface area contributed by atoms with Crippen LogP contribution in [0.4, 0.5) is 4.79 Å². The fourth-order valence-electron chi connectivity index (χ4n) is 4.12. The number of benzene rings is 3. The summed E-state index contributed by atoms with van der Waals surface area (Å²) in [5.74, 6) is 0.935. The van der Waals surface area contributed by atoms with Crippen LogP contribution >= 0.6 is 0 Å². The molecule has 1 aliphatic rings. The molecule has 1 unspecified atom stereocenters. The van der Waals surface area contributed by atoms with Gasteiger partial charge in [-0.05, 0) is 47.4 Å². The number of ether oxygens (including phenoxy) is 2. The third-order valence-corrected chi connectivity index (χ3v) is 6.09. The smallest absolute Gasteiger partial charge is 0.414 e. The molecule has 5 rings (SSSR count). The van der Waals surface area contributed by atoms with Crippen LogP contribution in [-0.4, -0.2) is 29.6 Å². The van der Waals surface area contributed by atoms with Crippen molar-refractivity contribution in [1.29, 1.82) is 0 Å². The van der Waals surface area contributed by atoms with Gasteiger partial charge in [-0.1, -0.05) is 54.6 Å². The van der Waals surface area contributed by atoms with Gasteiger partial charge >= 0.3 is 6.09 Å². The summed E-state index contributed by atoms with van der Waals surface area (Å²) in [5, 5.41) is 5.50. The van der Waals surface area contributed by atoms with Crippen LogP contribution in [0.5, 0.6) is 5.75 Å². The van der Waals surface area contributed by atoms with Crippen molar-refractivity contribution in [2.75, 3.05) is 6.61 Å². The predicted molar refractivity (Wildman–Crippen MR) is 137 cm³/mol. The molecule has 1 aromatic heterocycles. The number of imide groups is 1. The van der Waals surface area contributed by atoms with E-state index in [4.69, 9.17) is 13.9 Å². The number of nitrogens with one attached hydrogen (secondary N) is 2. The lowest BCUT2D eigenvalue weighted by Crippen LogP contribution is -2.49. The highest BCUT2D eigenvalue weighted by molar-refractivity contribution is 5.95. The molecule has 2 amide bonds. The number of fused-ring (bicyclic) bond motifs is 1. The highest BCUT2D eigenvalue weighted by Crippen LogP contribution is 2.23. The van der Waals surface area contributed by atoms with Crippen LogP contribution in [0.1, 0.15) is 22.4 Å². The van der Waals surface area contributed by atoms with Crippen LogP contribution < -0.4 is 15.4 Å². The molecule has 2 heterocycles. The largest absolute Gasteiger partial charge is 0.493 e. The van der Waals surface area contributed by atoms with Gasteiger partial charge in [-0.2, -0.15) is 0 Å². The minimum absolute atomic E-state index is 0.106. The molecule has 0 bridgehead atoms. The lowest BCUT2D eigenvalue weighted by Gasteiger charge is -2.25. The summed E-state index contributed by atoms with van der Waals surface area (Å²) in [7, 11) is 0. The summed E-state index contributed by atoms with van der Waals surface area (Å²) in [6.07, 6.45) is 1.99. The molecule has 0 aliphatic carbocycles. The zero-order valence-electron chi connectivity index (χ0n) is 20.2. The molecular formula is C29H27N3O5. The van der Waals surface area contributed by atoms with E-state index in [1.807, 2.05) is 78.9 Å². The Kier molecular flexibility index (Phi) is 7.57. The van der Waals surface area contributed by atoms with E-state index in [2.05, 4.69) is 15.6 Å². The first-order valence-electron chi connectivity index (χ1n) is 12.1. The van der Waals surface area contributed by atoms with Crippen LogP contribution in [0, 0.1) is 0 Å². The number of alkyl carbamates (subject to hydrolysis) is 1. The Morgan fingerprint density at radius 3 is 2.59 bits per heavy atom. The zero-order valence-corrected chi connectivity index (χ0v) is 20.2. The number of rotatable bonds is 8. The second kappa shape index (κ2) is 11.5. The van der Waals surface area contributed by atoms with E-state index in [1.54, 1.807) is 6.26 Å². The minimum atomic E-state index is -0.756. The lowest BCUT2D eigenvalue weighted by atomic mass is 9.95. The van der Waals surface area contributed by atoms with E-state index >= 15 is 0 Å². The molecule has 8 nitrogen and oxygen atoms in total. The minimum Gasteiger partial charge on any atom is -0.493 e. The van der Waals surface area contributed by atoms with Crippen molar-refractivity contribution in [3.63, 3.8) is 0 Å². The van der Waals surface area contributed by atoms with Crippen LogP contribution in [0.25, 0.3) is 11.5 Å². The Bertz CT molecular complexity index is 1350. The number of nitrogens with zero attached hydrogens (tertiary/aromatic N) is 1. The van der Waals surface area contributed by atoms with Gasteiger partial charge in [0.25, 0.3) is 0 Å². The third-order valence-electron chi connectivity index (χ3n) is 6.09. The van der Waals surface area contributed by atoms with Crippen molar-refractivity contribution < 1.29 is 23.5 Å². The Balaban J connectivity index is 1.08. The number of aromatic nitrogens is 1. The number of hydrogen-bond acceptors (Lipinski definition) is 7. The van der Waals surface area contributed by atoms with E-state index in [0.717, 1.165) is 33.7 Å². The summed E-state index contributed by atoms with van der Waals surface area (Å²) in [6.45, 7) is 1.06. The topological polar surface area (TPSA) is 103 Å². The monoisotopic (exact) mass is 497 g/mol. The normalized spacial score (nSPS) is 14.4. The fraction of sp³-hybridized carbons (Fsp3) is 0.207. The molecule has 0 saturated carbocycles. The van der Waals surface area contributed by atoms with Crippen molar-refractivity contribution in [2.45, 2.75) is 32.0 Å². The molecule has 1 atom stereocenters. The van der Waals surface area contributed by atoms with E-state index < -0.39 is 18.0 Å². The summed E-state index contributed by atoms with van der Waals surface area (Å²) < 4.78 is 16.7. The highest BCUT2D eigenvalue weighted by atomic mass is 16.5. The van der Waals surface area contributed by atoms with Crippen molar-refractivity contribution in [3.8, 4) is 17.2 Å². The van der Waals surface area contributed by atoms with Gasteiger partial charge in [0.2, 0.25) is 11.8 Å². The van der Waals surface area contributed by atoms with Gasteiger partial charge in [-0.3, -0.25) is 10.1 Å². The second-order valence-electron chi connectivity index (χ2n) is 8.73. The molecule has 3 aromatic carbocycles. The van der Waals surface area contributed by atoms with Gasteiger partial charge in [0.15, 0.2) is 0 Å². The number of carbonyl (C=O) groups is 2. The SMILES string of the molecule is O=C(NC(=O)C1Cc2ccc(OCCc3coc(-c4ccccc4)n3)cc2CN1)OCc1ccccc1. The summed E-state index contributed by atoms with van der Waals surface area (Å²) in [5.41, 5.74) is 4.71. The van der Waals surface area contributed by atoms with Crippen molar-refractivity contribution >= 4 is 12.0 Å². The first-order valence-corrected chi connectivity index (χ1v) is 12.1. The maximum Gasteiger partial charge on any atom is 0.414 e. The van der Waals surface area contributed by atoms with Crippen LogP contribution in [-0.2, 0) is 35.5 Å². The fourth-order valence-corrected chi connectivity index (χ4v) is 4.12. The quantitative estimate of drug-likeness (QED) is 0.371. The van der Waals surface area contributed by atoms with E-state index in [0.29, 0.717) is 31.9 Å². The standard InChI is InChI=1S/C29H27N3O5/c33-27(32-29(34)37-18-20-7-3-1-4-8-20)26-16-22-11-12-25(15-23(22)17-30-26)35-14-13-24-19-36-28(31-24)21-9-5-2-6-10-21/h1-12,15,19,26,30H,13-14,16-18H2,(H,32,33,34). The first-order chi connectivity index (χ1) is 18.1.